The van der Waals surface area contributed by atoms with E-state index in [0.717, 1.165) is 10.0 Å². The number of halogens is 1. The van der Waals surface area contributed by atoms with E-state index in [0.29, 0.717) is 12.8 Å². The highest BCUT2D eigenvalue weighted by Crippen LogP contribution is 2.29. The van der Waals surface area contributed by atoms with Crippen molar-refractivity contribution in [2.45, 2.75) is 12.8 Å². The molecule has 0 radical (unpaired) electrons. The van der Waals surface area contributed by atoms with Gasteiger partial charge in [0.1, 0.15) is 0 Å². The van der Waals surface area contributed by atoms with Gasteiger partial charge < -0.3 is 5.11 Å². The van der Waals surface area contributed by atoms with Crippen LogP contribution in [-0.2, 0) is 21.1 Å². The average Bonchev–Trinajstić information content (AvgIpc) is 2.66. The van der Waals surface area contributed by atoms with Gasteiger partial charge in [-0.25, -0.2) is 8.42 Å². The molecule has 0 aliphatic carbocycles. The van der Waals surface area contributed by atoms with Gasteiger partial charge in [0, 0.05) is 4.47 Å². The van der Waals surface area contributed by atoms with E-state index in [2.05, 4.69) is 15.9 Å². The fourth-order valence-electron chi connectivity index (χ4n) is 2.51. The van der Waals surface area contributed by atoms with Gasteiger partial charge in [0.05, 0.1) is 17.4 Å². The van der Waals surface area contributed by atoms with Crippen molar-refractivity contribution in [3.63, 3.8) is 0 Å². The fourth-order valence-corrected chi connectivity index (χ4v) is 4.84. The van der Waals surface area contributed by atoms with E-state index in [4.69, 9.17) is 0 Å². The van der Waals surface area contributed by atoms with E-state index in [9.17, 15) is 18.3 Å². The van der Waals surface area contributed by atoms with Crippen LogP contribution in [0.4, 0.5) is 0 Å². The lowest BCUT2D eigenvalue weighted by molar-refractivity contribution is -0.143. The summed E-state index contributed by atoms with van der Waals surface area (Å²) in [6.45, 7) is 0. The average molecular weight is 347 g/mol. The van der Waals surface area contributed by atoms with E-state index in [1.54, 1.807) is 0 Å². The summed E-state index contributed by atoms with van der Waals surface area (Å²) in [6.07, 6.45) is 0.822. The second-order valence-corrected chi connectivity index (χ2v) is 8.09. The standard InChI is InChI=1S/C13H15BrO4S/c14-11-3-1-2-9(6-11)7-12(13(15)16)10-4-5-19(17,18)8-10/h1-3,6,10,12H,4-5,7-8H2,(H,15,16)/t10-,12+/m1/s1. The van der Waals surface area contributed by atoms with Crippen LogP contribution in [0.25, 0.3) is 0 Å². The van der Waals surface area contributed by atoms with E-state index in [1.807, 2.05) is 24.3 Å². The first-order valence-electron chi connectivity index (χ1n) is 6.05. The highest BCUT2D eigenvalue weighted by atomic mass is 79.9. The minimum atomic E-state index is -3.05. The second kappa shape index (κ2) is 5.63. The summed E-state index contributed by atoms with van der Waals surface area (Å²) < 4.78 is 23.8. The Labute approximate surface area is 120 Å². The Morgan fingerprint density at radius 3 is 2.74 bits per heavy atom. The maximum Gasteiger partial charge on any atom is 0.307 e. The molecule has 4 nitrogen and oxygen atoms in total. The quantitative estimate of drug-likeness (QED) is 0.906. The molecule has 0 aromatic heterocycles. The predicted octanol–water partition coefficient (Wildman–Crippen LogP) is 2.13. The van der Waals surface area contributed by atoms with Crippen molar-refractivity contribution in [1.29, 1.82) is 0 Å². The number of hydrogen-bond acceptors (Lipinski definition) is 3. The molecule has 1 aliphatic heterocycles. The number of aliphatic carboxylic acids is 1. The van der Waals surface area contributed by atoms with Crippen LogP contribution < -0.4 is 0 Å². The van der Waals surface area contributed by atoms with Crippen LogP contribution in [0.2, 0.25) is 0 Å². The van der Waals surface area contributed by atoms with Gasteiger partial charge in [-0.1, -0.05) is 28.1 Å². The Morgan fingerprint density at radius 2 is 2.21 bits per heavy atom. The molecule has 2 rings (SSSR count). The maximum absolute atomic E-state index is 11.5. The van der Waals surface area contributed by atoms with Crippen LogP contribution in [0, 0.1) is 11.8 Å². The second-order valence-electron chi connectivity index (χ2n) is 4.94. The van der Waals surface area contributed by atoms with E-state index in [1.165, 1.54) is 0 Å². The van der Waals surface area contributed by atoms with Crippen molar-refractivity contribution in [3.05, 3.63) is 34.3 Å². The third-order valence-electron chi connectivity index (χ3n) is 3.50. The van der Waals surface area contributed by atoms with Gasteiger partial charge in [0.2, 0.25) is 0 Å². The summed E-state index contributed by atoms with van der Waals surface area (Å²) in [6, 6.07) is 7.46. The van der Waals surface area contributed by atoms with Crippen LogP contribution in [0.5, 0.6) is 0 Å². The molecule has 1 N–H and O–H groups in total. The first kappa shape index (κ1) is 14.5. The summed E-state index contributed by atoms with van der Waals surface area (Å²) in [7, 11) is -3.05. The number of carbonyl (C=O) groups is 1. The molecule has 1 fully saturated rings. The molecule has 1 saturated heterocycles. The van der Waals surface area contributed by atoms with Gasteiger partial charge in [0.25, 0.3) is 0 Å². The zero-order chi connectivity index (χ0) is 14.0. The van der Waals surface area contributed by atoms with Crippen molar-refractivity contribution in [3.8, 4) is 0 Å². The summed E-state index contributed by atoms with van der Waals surface area (Å²) in [5, 5.41) is 9.33. The molecule has 2 atom stereocenters. The summed E-state index contributed by atoms with van der Waals surface area (Å²) >= 11 is 3.35. The number of benzene rings is 1. The van der Waals surface area contributed by atoms with E-state index in [-0.39, 0.29) is 17.4 Å². The minimum absolute atomic E-state index is 0.00201. The molecule has 1 heterocycles. The highest BCUT2D eigenvalue weighted by molar-refractivity contribution is 9.10. The third kappa shape index (κ3) is 3.79. The molecule has 1 aromatic carbocycles. The molecular formula is C13H15BrO4S. The lowest BCUT2D eigenvalue weighted by Gasteiger charge is -2.18. The van der Waals surface area contributed by atoms with Crippen LogP contribution in [0.1, 0.15) is 12.0 Å². The lowest BCUT2D eigenvalue weighted by atomic mass is 9.86. The van der Waals surface area contributed by atoms with Gasteiger partial charge in [0.15, 0.2) is 9.84 Å². The lowest BCUT2D eigenvalue weighted by Crippen LogP contribution is -2.26. The van der Waals surface area contributed by atoms with Gasteiger partial charge in [-0.15, -0.1) is 0 Å². The van der Waals surface area contributed by atoms with E-state index >= 15 is 0 Å². The molecule has 0 saturated carbocycles. The Bertz CT molecular complexity index is 582. The Balaban J connectivity index is 2.16. The van der Waals surface area contributed by atoms with Crippen LogP contribution >= 0.6 is 15.9 Å². The van der Waals surface area contributed by atoms with Crippen LogP contribution in [-0.4, -0.2) is 31.0 Å². The molecule has 19 heavy (non-hydrogen) atoms. The topological polar surface area (TPSA) is 71.4 Å². The number of carboxylic acids is 1. The normalized spacial score (nSPS) is 23.1. The number of carboxylic acid groups (broad SMARTS) is 1. The van der Waals surface area contributed by atoms with Crippen LogP contribution in [0.15, 0.2) is 28.7 Å². The fraction of sp³-hybridized carbons (Fsp3) is 0.462. The van der Waals surface area contributed by atoms with Gasteiger partial charge in [-0.05, 0) is 36.5 Å². The molecule has 104 valence electrons. The molecule has 0 amide bonds. The number of sulfone groups is 1. The summed E-state index contributed by atoms with van der Waals surface area (Å²) in [5.74, 6) is -1.71. The molecule has 0 spiro atoms. The first-order chi connectivity index (χ1) is 8.87. The zero-order valence-corrected chi connectivity index (χ0v) is 12.7. The van der Waals surface area contributed by atoms with Gasteiger partial charge in [-0.2, -0.15) is 0 Å². The minimum Gasteiger partial charge on any atom is -0.481 e. The van der Waals surface area contributed by atoms with Gasteiger partial charge in [-0.3, -0.25) is 4.79 Å². The smallest absolute Gasteiger partial charge is 0.307 e. The van der Waals surface area contributed by atoms with Crippen molar-refractivity contribution < 1.29 is 18.3 Å². The van der Waals surface area contributed by atoms with Crippen molar-refractivity contribution in [2.24, 2.45) is 11.8 Å². The third-order valence-corrected chi connectivity index (χ3v) is 5.79. The summed E-state index contributed by atoms with van der Waals surface area (Å²) in [5.41, 5.74) is 0.908. The van der Waals surface area contributed by atoms with Crippen molar-refractivity contribution in [2.75, 3.05) is 11.5 Å². The predicted molar refractivity (Wildman–Crippen MR) is 75.7 cm³/mol. The van der Waals surface area contributed by atoms with E-state index < -0.39 is 21.7 Å². The largest absolute Gasteiger partial charge is 0.481 e. The zero-order valence-electron chi connectivity index (χ0n) is 10.3. The number of rotatable bonds is 4. The number of hydrogen-bond donors (Lipinski definition) is 1. The van der Waals surface area contributed by atoms with Crippen molar-refractivity contribution >= 4 is 31.7 Å². The highest BCUT2D eigenvalue weighted by Gasteiger charge is 2.37. The Morgan fingerprint density at radius 1 is 1.47 bits per heavy atom. The summed E-state index contributed by atoms with van der Waals surface area (Å²) in [4.78, 5) is 11.4. The molecule has 6 heteroatoms. The molecule has 1 aliphatic rings. The maximum atomic E-state index is 11.5. The van der Waals surface area contributed by atoms with Gasteiger partial charge >= 0.3 is 5.97 Å². The Kier molecular flexibility index (Phi) is 4.30. The monoisotopic (exact) mass is 346 g/mol. The molecule has 1 aromatic rings. The first-order valence-corrected chi connectivity index (χ1v) is 8.66. The van der Waals surface area contributed by atoms with Crippen LogP contribution in [0.3, 0.4) is 0 Å². The Hall–Kier alpha value is -0.880. The molecule has 0 unspecified atom stereocenters. The SMILES string of the molecule is O=C(O)[C@@H](Cc1cccc(Br)c1)[C@@H]1CCS(=O)(=O)C1. The molecular weight excluding hydrogens is 332 g/mol. The molecule has 0 bridgehead atoms. The van der Waals surface area contributed by atoms with Crippen molar-refractivity contribution in [1.82, 2.24) is 0 Å².